The van der Waals surface area contributed by atoms with Crippen molar-refractivity contribution in [1.82, 2.24) is 0 Å². The molecule has 1 nitrogen and oxygen atoms in total. The van der Waals surface area contributed by atoms with Crippen molar-refractivity contribution in [1.29, 1.82) is 0 Å². The molecule has 0 N–H and O–H groups in total. The molecule has 0 radical (unpaired) electrons. The van der Waals surface area contributed by atoms with E-state index in [9.17, 15) is 17.6 Å². The highest BCUT2D eigenvalue weighted by atomic mass is 19.3. The zero-order chi connectivity index (χ0) is 8.48. The maximum Gasteiger partial charge on any atom is 0.305 e. The maximum atomic E-state index is 12.4. The molecule has 0 aromatic carbocycles. The average molecular weight is 170 g/mol. The normalized spacial score (nSPS) is 24.4. The van der Waals surface area contributed by atoms with Crippen molar-refractivity contribution < 1.29 is 22.3 Å². The summed E-state index contributed by atoms with van der Waals surface area (Å²) in [6, 6.07) is -1.51. The average Bonchev–Trinajstić information content (AvgIpc) is 1.93. The van der Waals surface area contributed by atoms with Gasteiger partial charge in [0.25, 0.3) is 5.92 Å². The van der Waals surface area contributed by atoms with E-state index in [0.29, 0.717) is 0 Å². The van der Waals surface area contributed by atoms with Gasteiger partial charge in [-0.05, 0) is 0 Å². The summed E-state index contributed by atoms with van der Waals surface area (Å²) in [6.07, 6.45) is -1.84. The van der Waals surface area contributed by atoms with Crippen LogP contribution < -0.4 is 0 Å². The van der Waals surface area contributed by atoms with Crippen molar-refractivity contribution in [2.24, 2.45) is 0 Å². The lowest BCUT2D eigenvalue weighted by atomic mass is 10.2. The summed E-state index contributed by atoms with van der Waals surface area (Å²) in [5, 5.41) is 0. The van der Waals surface area contributed by atoms with Crippen LogP contribution in [0.1, 0.15) is 12.8 Å². The minimum absolute atomic E-state index is 0.480. The first-order valence-corrected chi connectivity index (χ1v) is 3.06. The van der Waals surface area contributed by atoms with Crippen LogP contribution in [0.5, 0.6) is 0 Å². The van der Waals surface area contributed by atoms with Crippen LogP contribution in [-0.4, -0.2) is 12.5 Å². The second-order valence-electron chi connectivity index (χ2n) is 2.31. The Kier molecular flexibility index (Phi) is 2.06. The van der Waals surface area contributed by atoms with Crippen LogP contribution in [0.15, 0.2) is 11.8 Å². The molecule has 0 bridgehead atoms. The molecule has 0 aromatic heterocycles. The molecule has 1 aliphatic heterocycles. The Morgan fingerprint density at radius 2 is 1.91 bits per heavy atom. The Balaban J connectivity index is 2.74. The highest BCUT2D eigenvalue weighted by Gasteiger charge is 2.35. The standard InChI is InChI=1S/C6H6F4O/c7-4-3-6(9,10)1-2-11-5(4)8/h1-3H2. The smallest absolute Gasteiger partial charge is 0.305 e. The molecule has 1 aliphatic rings. The first-order valence-electron chi connectivity index (χ1n) is 3.06. The molecule has 0 amide bonds. The van der Waals surface area contributed by atoms with Gasteiger partial charge in [-0.2, -0.15) is 4.39 Å². The van der Waals surface area contributed by atoms with Crippen LogP contribution in [0.25, 0.3) is 0 Å². The number of rotatable bonds is 0. The fourth-order valence-corrected chi connectivity index (χ4v) is 0.753. The summed E-state index contributed by atoms with van der Waals surface area (Å²) in [5.41, 5.74) is 0. The summed E-state index contributed by atoms with van der Waals surface area (Å²) in [4.78, 5) is 0. The van der Waals surface area contributed by atoms with Gasteiger partial charge >= 0.3 is 6.01 Å². The largest absolute Gasteiger partial charge is 0.469 e. The van der Waals surface area contributed by atoms with Crippen LogP contribution in [0.3, 0.4) is 0 Å². The van der Waals surface area contributed by atoms with E-state index >= 15 is 0 Å². The molecule has 0 aliphatic carbocycles. The van der Waals surface area contributed by atoms with Crippen LogP contribution in [0, 0.1) is 0 Å². The lowest BCUT2D eigenvalue weighted by molar-refractivity contribution is -0.0199. The number of alkyl halides is 2. The Morgan fingerprint density at radius 3 is 2.55 bits per heavy atom. The molecule has 5 heteroatoms. The van der Waals surface area contributed by atoms with E-state index in [1.165, 1.54) is 0 Å². The van der Waals surface area contributed by atoms with E-state index in [0.717, 1.165) is 0 Å². The third kappa shape index (κ3) is 2.10. The SMILES string of the molecule is FC1=C(F)OCCC(F)(F)C1. The summed E-state index contributed by atoms with van der Waals surface area (Å²) < 4.78 is 53.1. The highest BCUT2D eigenvalue weighted by molar-refractivity contribution is 4.98. The van der Waals surface area contributed by atoms with Crippen LogP contribution >= 0.6 is 0 Å². The molecule has 0 saturated heterocycles. The van der Waals surface area contributed by atoms with Gasteiger partial charge in [0.1, 0.15) is 0 Å². The van der Waals surface area contributed by atoms with E-state index in [4.69, 9.17) is 0 Å². The predicted octanol–water partition coefficient (Wildman–Crippen LogP) is 2.54. The molecule has 0 saturated carbocycles. The molecular weight excluding hydrogens is 164 g/mol. The topological polar surface area (TPSA) is 9.23 Å². The van der Waals surface area contributed by atoms with E-state index in [-0.39, 0.29) is 0 Å². The Morgan fingerprint density at radius 1 is 1.27 bits per heavy atom. The molecule has 64 valence electrons. The molecule has 0 atom stereocenters. The van der Waals surface area contributed by atoms with Gasteiger partial charge in [0.2, 0.25) is 0 Å². The van der Waals surface area contributed by atoms with Gasteiger partial charge in [0.05, 0.1) is 13.0 Å². The van der Waals surface area contributed by atoms with E-state index in [2.05, 4.69) is 4.74 Å². The van der Waals surface area contributed by atoms with Gasteiger partial charge in [-0.25, -0.2) is 13.2 Å². The lowest BCUT2D eigenvalue weighted by Crippen LogP contribution is -2.16. The number of hydrogen-bond acceptors (Lipinski definition) is 1. The Hall–Kier alpha value is -0.740. The van der Waals surface area contributed by atoms with Gasteiger partial charge in [0.15, 0.2) is 5.83 Å². The monoisotopic (exact) mass is 170 g/mol. The van der Waals surface area contributed by atoms with Gasteiger partial charge < -0.3 is 4.74 Å². The molecule has 0 unspecified atom stereocenters. The van der Waals surface area contributed by atoms with Crippen molar-refractivity contribution >= 4 is 0 Å². The van der Waals surface area contributed by atoms with E-state index in [1.807, 2.05) is 0 Å². The Bertz CT molecular complexity index is 187. The summed E-state index contributed by atoms with van der Waals surface area (Å²) in [6.45, 7) is -0.480. The zero-order valence-electron chi connectivity index (χ0n) is 5.54. The van der Waals surface area contributed by atoms with Gasteiger partial charge in [-0.15, -0.1) is 0 Å². The van der Waals surface area contributed by atoms with Crippen molar-refractivity contribution in [3.05, 3.63) is 11.8 Å². The van der Waals surface area contributed by atoms with Crippen LogP contribution in [0.4, 0.5) is 17.6 Å². The number of halogens is 4. The first-order chi connectivity index (χ1) is 5.01. The van der Waals surface area contributed by atoms with Crippen LogP contribution in [0.2, 0.25) is 0 Å². The molecular formula is C6H6F4O. The van der Waals surface area contributed by atoms with Crippen molar-refractivity contribution in [3.63, 3.8) is 0 Å². The quantitative estimate of drug-likeness (QED) is 0.507. The van der Waals surface area contributed by atoms with Gasteiger partial charge in [-0.1, -0.05) is 0 Å². The second-order valence-corrected chi connectivity index (χ2v) is 2.31. The Labute approximate surface area is 60.6 Å². The number of hydrogen-bond donors (Lipinski definition) is 0. The summed E-state index contributed by atoms with van der Waals surface area (Å²) in [5.74, 6) is -4.69. The maximum absolute atomic E-state index is 12.4. The fourth-order valence-electron chi connectivity index (χ4n) is 0.753. The van der Waals surface area contributed by atoms with Crippen molar-refractivity contribution in [3.8, 4) is 0 Å². The van der Waals surface area contributed by atoms with Crippen molar-refractivity contribution in [2.45, 2.75) is 18.8 Å². The predicted molar refractivity (Wildman–Crippen MR) is 29.4 cm³/mol. The minimum atomic E-state index is -3.18. The third-order valence-electron chi connectivity index (χ3n) is 1.32. The minimum Gasteiger partial charge on any atom is -0.469 e. The molecule has 1 heterocycles. The van der Waals surface area contributed by atoms with Gasteiger partial charge in [-0.3, -0.25) is 0 Å². The van der Waals surface area contributed by atoms with Gasteiger partial charge in [0, 0.05) is 6.42 Å². The molecule has 0 aromatic rings. The van der Waals surface area contributed by atoms with E-state index < -0.39 is 37.2 Å². The first kappa shape index (κ1) is 8.36. The molecule has 0 spiro atoms. The number of allylic oxidation sites excluding steroid dienone is 1. The second kappa shape index (κ2) is 2.71. The summed E-state index contributed by atoms with van der Waals surface area (Å²) >= 11 is 0. The zero-order valence-corrected chi connectivity index (χ0v) is 5.54. The third-order valence-corrected chi connectivity index (χ3v) is 1.32. The van der Waals surface area contributed by atoms with Crippen molar-refractivity contribution in [2.75, 3.05) is 6.61 Å². The molecule has 1 rings (SSSR count). The highest BCUT2D eigenvalue weighted by Crippen LogP contribution is 2.32. The molecule has 11 heavy (non-hydrogen) atoms. The number of ether oxygens (including phenoxy) is 1. The fraction of sp³-hybridized carbons (Fsp3) is 0.667. The molecule has 0 fully saturated rings. The van der Waals surface area contributed by atoms with E-state index in [1.54, 1.807) is 0 Å². The van der Waals surface area contributed by atoms with Crippen LogP contribution in [-0.2, 0) is 4.74 Å². The lowest BCUT2D eigenvalue weighted by Gasteiger charge is -2.09. The summed E-state index contributed by atoms with van der Waals surface area (Å²) in [7, 11) is 0.